The summed E-state index contributed by atoms with van der Waals surface area (Å²) in [6.45, 7) is 2.06. The van der Waals surface area contributed by atoms with E-state index in [9.17, 15) is 18.5 Å². The number of pyridine rings is 1. The molecule has 102 valence electrons. The normalized spacial score (nSPS) is 11.2. The van der Waals surface area contributed by atoms with E-state index in [1.165, 1.54) is 0 Å². The summed E-state index contributed by atoms with van der Waals surface area (Å²) >= 11 is 0. The number of hydrogen-bond donors (Lipinski definition) is 0. The van der Waals surface area contributed by atoms with Crippen LogP contribution in [0.25, 0.3) is 0 Å². The molecular weight excluding hydrogens is 270 g/mol. The summed E-state index contributed by atoms with van der Waals surface area (Å²) in [4.78, 5) is 13.1. The molecule has 7 nitrogen and oxygen atoms in total. The van der Waals surface area contributed by atoms with Gasteiger partial charge in [0.1, 0.15) is 4.90 Å². The maximum atomic E-state index is 12.2. The first-order chi connectivity index (χ1) is 8.93. The lowest BCUT2D eigenvalue weighted by Gasteiger charge is -2.18. The van der Waals surface area contributed by atoms with Crippen molar-refractivity contribution in [3.05, 3.63) is 28.4 Å². The molecule has 0 aliphatic carbocycles. The number of rotatable bonds is 6. The Bertz CT molecular complexity index is 589. The van der Waals surface area contributed by atoms with Crippen LogP contribution in [0.5, 0.6) is 0 Å². The Balaban J connectivity index is 3.11. The highest BCUT2D eigenvalue weighted by Crippen LogP contribution is 2.17. The van der Waals surface area contributed by atoms with Crippen molar-refractivity contribution in [2.45, 2.75) is 18.2 Å². The molecule has 0 spiro atoms. The second-order valence-corrected chi connectivity index (χ2v) is 5.59. The number of nitro groups is 1. The molecule has 0 aliphatic heterocycles. The van der Waals surface area contributed by atoms with Crippen LogP contribution in [0.3, 0.4) is 0 Å². The Morgan fingerprint density at radius 3 is 2.63 bits per heavy atom. The van der Waals surface area contributed by atoms with Gasteiger partial charge in [-0.3, -0.25) is 0 Å². The fourth-order valence-corrected chi connectivity index (χ4v) is 2.81. The molecule has 8 heteroatoms. The molecule has 0 aromatic carbocycles. The number of hydrogen-bond acceptors (Lipinski definition) is 5. The predicted molar refractivity (Wildman–Crippen MR) is 68.8 cm³/mol. The lowest BCUT2D eigenvalue weighted by atomic mass is 10.5. The van der Waals surface area contributed by atoms with Gasteiger partial charge in [-0.1, -0.05) is 12.8 Å². The van der Waals surface area contributed by atoms with E-state index in [0.29, 0.717) is 6.42 Å². The van der Waals surface area contributed by atoms with Crippen molar-refractivity contribution in [1.82, 2.24) is 9.29 Å². The zero-order valence-electron chi connectivity index (χ0n) is 10.3. The third-order valence-electron chi connectivity index (χ3n) is 2.29. The molecule has 0 radical (unpaired) electrons. The number of sulfonamides is 1. The van der Waals surface area contributed by atoms with Crippen molar-refractivity contribution in [2.75, 3.05) is 13.1 Å². The van der Waals surface area contributed by atoms with E-state index in [-0.39, 0.29) is 18.0 Å². The Kier molecular flexibility index (Phi) is 4.97. The Morgan fingerprint density at radius 1 is 1.53 bits per heavy atom. The van der Waals surface area contributed by atoms with Gasteiger partial charge in [0.15, 0.2) is 6.20 Å². The smallest absolute Gasteiger partial charge is 0.358 e. The molecule has 0 amide bonds. The van der Waals surface area contributed by atoms with Gasteiger partial charge in [-0.15, -0.1) is 6.42 Å². The number of terminal acetylenes is 1. The van der Waals surface area contributed by atoms with Crippen molar-refractivity contribution in [3.8, 4) is 12.3 Å². The molecule has 19 heavy (non-hydrogen) atoms. The van der Waals surface area contributed by atoms with Crippen molar-refractivity contribution in [1.29, 1.82) is 0 Å². The average Bonchev–Trinajstić information content (AvgIpc) is 2.38. The minimum absolute atomic E-state index is 0.0485. The van der Waals surface area contributed by atoms with Crippen LogP contribution in [0, 0.1) is 22.5 Å². The van der Waals surface area contributed by atoms with Gasteiger partial charge in [0.05, 0.1) is 6.54 Å². The van der Waals surface area contributed by atoms with Gasteiger partial charge in [0.2, 0.25) is 10.0 Å². The summed E-state index contributed by atoms with van der Waals surface area (Å²) < 4.78 is 25.6. The van der Waals surface area contributed by atoms with Gasteiger partial charge in [-0.05, 0) is 22.4 Å². The van der Waals surface area contributed by atoms with Gasteiger partial charge in [-0.2, -0.15) is 4.31 Å². The molecule has 1 heterocycles. The van der Waals surface area contributed by atoms with Crippen LogP contribution in [0.4, 0.5) is 5.82 Å². The summed E-state index contributed by atoms with van der Waals surface area (Å²) in [5.74, 6) is 1.87. The van der Waals surface area contributed by atoms with E-state index >= 15 is 0 Å². The van der Waals surface area contributed by atoms with Crippen LogP contribution in [0.1, 0.15) is 13.3 Å². The monoisotopic (exact) mass is 283 g/mol. The number of nitrogens with zero attached hydrogens (tertiary/aromatic N) is 3. The van der Waals surface area contributed by atoms with Crippen LogP contribution < -0.4 is 0 Å². The van der Waals surface area contributed by atoms with E-state index in [4.69, 9.17) is 6.42 Å². The van der Waals surface area contributed by atoms with Crippen molar-refractivity contribution >= 4 is 15.8 Å². The first-order valence-corrected chi connectivity index (χ1v) is 6.91. The Morgan fingerprint density at radius 2 is 2.21 bits per heavy atom. The van der Waals surface area contributed by atoms with Crippen LogP contribution in [0.2, 0.25) is 0 Å². The average molecular weight is 283 g/mol. The van der Waals surface area contributed by atoms with Crippen molar-refractivity contribution < 1.29 is 13.3 Å². The highest BCUT2D eigenvalue weighted by Gasteiger charge is 2.25. The first-order valence-electron chi connectivity index (χ1n) is 5.47. The molecule has 0 saturated carbocycles. The summed E-state index contributed by atoms with van der Waals surface area (Å²) in [5.41, 5.74) is 0. The van der Waals surface area contributed by atoms with Crippen LogP contribution >= 0.6 is 0 Å². The van der Waals surface area contributed by atoms with E-state index in [1.807, 2.05) is 6.92 Å². The van der Waals surface area contributed by atoms with Gasteiger partial charge in [0.25, 0.3) is 0 Å². The second kappa shape index (κ2) is 6.26. The van der Waals surface area contributed by atoms with Crippen LogP contribution in [-0.4, -0.2) is 35.7 Å². The van der Waals surface area contributed by atoms with E-state index < -0.39 is 20.8 Å². The van der Waals surface area contributed by atoms with Crippen LogP contribution in [-0.2, 0) is 10.0 Å². The minimum atomic E-state index is -3.76. The predicted octanol–water partition coefficient (Wildman–Crippen LogP) is 1.02. The van der Waals surface area contributed by atoms with E-state index in [0.717, 1.165) is 22.6 Å². The molecule has 0 atom stereocenters. The third kappa shape index (κ3) is 3.49. The van der Waals surface area contributed by atoms with E-state index in [2.05, 4.69) is 10.9 Å². The molecule has 1 aromatic heterocycles. The van der Waals surface area contributed by atoms with Gasteiger partial charge >= 0.3 is 5.82 Å². The molecule has 0 aliphatic rings. The molecule has 0 bridgehead atoms. The largest absolute Gasteiger partial charge is 0.363 e. The summed E-state index contributed by atoms with van der Waals surface area (Å²) in [5, 5.41) is 10.5. The molecule has 1 aromatic rings. The number of aromatic nitrogens is 1. The van der Waals surface area contributed by atoms with Gasteiger partial charge in [-0.25, -0.2) is 8.42 Å². The molecule has 1 rings (SSSR count). The van der Waals surface area contributed by atoms with Crippen molar-refractivity contribution in [2.24, 2.45) is 0 Å². The fourth-order valence-electron chi connectivity index (χ4n) is 1.42. The fraction of sp³-hybridized carbons (Fsp3) is 0.364. The zero-order chi connectivity index (χ0) is 14.5. The lowest BCUT2D eigenvalue weighted by molar-refractivity contribution is -0.389. The molecular formula is C11H13N3O4S. The minimum Gasteiger partial charge on any atom is -0.358 e. The first kappa shape index (κ1) is 15.1. The maximum absolute atomic E-state index is 12.2. The molecule has 0 fully saturated rings. The van der Waals surface area contributed by atoms with Gasteiger partial charge in [0, 0.05) is 12.6 Å². The Hall–Kier alpha value is -1.98. The standard InChI is InChI=1S/C11H13N3O4S/c1-3-7-13(8-4-2)19(17,18)10-5-6-11(12-9-10)14(15)16/h1,5-6,9H,4,7-8H2,2H3. The summed E-state index contributed by atoms with van der Waals surface area (Å²) in [6.07, 6.45) is 6.71. The maximum Gasteiger partial charge on any atom is 0.363 e. The Labute approximate surface area is 111 Å². The second-order valence-electron chi connectivity index (χ2n) is 3.65. The molecule has 0 unspecified atom stereocenters. The summed E-state index contributed by atoms with van der Waals surface area (Å²) in [6, 6.07) is 2.20. The third-order valence-corrected chi connectivity index (χ3v) is 4.11. The SMILES string of the molecule is C#CCN(CCC)S(=O)(=O)c1ccc([N+](=O)[O-])nc1. The molecule has 0 saturated heterocycles. The topological polar surface area (TPSA) is 93.4 Å². The highest BCUT2D eigenvalue weighted by molar-refractivity contribution is 7.89. The zero-order valence-corrected chi connectivity index (χ0v) is 11.1. The van der Waals surface area contributed by atoms with Gasteiger partial charge < -0.3 is 10.1 Å². The van der Waals surface area contributed by atoms with E-state index in [1.54, 1.807) is 0 Å². The van der Waals surface area contributed by atoms with Crippen LogP contribution in [0.15, 0.2) is 23.2 Å². The highest BCUT2D eigenvalue weighted by atomic mass is 32.2. The molecule has 0 N–H and O–H groups in total. The van der Waals surface area contributed by atoms with Crippen molar-refractivity contribution in [3.63, 3.8) is 0 Å². The summed E-state index contributed by atoms with van der Waals surface area (Å²) in [7, 11) is -3.76. The lowest BCUT2D eigenvalue weighted by Crippen LogP contribution is -2.32. The quantitative estimate of drug-likeness (QED) is 0.441.